The summed E-state index contributed by atoms with van der Waals surface area (Å²) in [7, 11) is 0. The molecule has 4 heterocycles. The molecule has 1 atom stereocenters. The van der Waals surface area contributed by atoms with E-state index in [-0.39, 0.29) is 18.1 Å². The number of ether oxygens (including phenoxy) is 1. The van der Waals surface area contributed by atoms with Gasteiger partial charge in [-0.25, -0.2) is 9.97 Å². The van der Waals surface area contributed by atoms with E-state index in [4.69, 9.17) is 32.8 Å². The second-order valence-electron chi connectivity index (χ2n) is 7.82. The van der Waals surface area contributed by atoms with E-state index < -0.39 is 0 Å². The van der Waals surface area contributed by atoms with Gasteiger partial charge in [0.05, 0.1) is 36.2 Å². The van der Waals surface area contributed by atoms with Gasteiger partial charge in [-0.3, -0.25) is 0 Å². The van der Waals surface area contributed by atoms with Crippen molar-refractivity contribution in [3.05, 3.63) is 34.6 Å². The highest BCUT2D eigenvalue weighted by molar-refractivity contribution is 7.99. The number of anilines is 2. The fourth-order valence-corrected chi connectivity index (χ4v) is 5.25. The zero-order valence-corrected chi connectivity index (χ0v) is 18.0. The molecule has 2 fully saturated rings. The molecule has 0 aromatic carbocycles. The van der Waals surface area contributed by atoms with Crippen molar-refractivity contribution in [2.45, 2.75) is 42.3 Å². The standard InChI is InChI=1S/C20H26ClN5O2S/c1-12-8-14(26-6-3-20(4-7-26)11-28-10-16(20)22)13(9-27)25-19(12)29-15-2-5-24-18(23)17(15)21/h2,5,8,16,27H,3-4,6-7,9-11,22H2,1H3,(H2,23,24)/t16-/m1/s1. The average molecular weight is 436 g/mol. The van der Waals surface area contributed by atoms with Gasteiger partial charge in [-0.2, -0.15) is 0 Å². The lowest BCUT2D eigenvalue weighted by Gasteiger charge is -2.42. The van der Waals surface area contributed by atoms with Crippen LogP contribution >= 0.6 is 23.4 Å². The Morgan fingerprint density at radius 2 is 2.17 bits per heavy atom. The minimum atomic E-state index is -0.125. The zero-order chi connectivity index (χ0) is 20.6. The van der Waals surface area contributed by atoms with Gasteiger partial charge >= 0.3 is 0 Å². The Balaban J connectivity index is 1.56. The minimum Gasteiger partial charge on any atom is -0.390 e. The Morgan fingerprint density at radius 1 is 1.41 bits per heavy atom. The Hall–Kier alpha value is -1.58. The molecular weight excluding hydrogens is 410 g/mol. The molecule has 0 amide bonds. The molecule has 2 saturated heterocycles. The number of nitrogens with zero attached hydrogens (tertiary/aromatic N) is 3. The van der Waals surface area contributed by atoms with Crippen molar-refractivity contribution in [1.29, 1.82) is 0 Å². The predicted molar refractivity (Wildman–Crippen MR) is 115 cm³/mol. The van der Waals surface area contributed by atoms with Gasteiger partial charge in [0.15, 0.2) is 0 Å². The minimum absolute atomic E-state index is 0.0895. The quantitative estimate of drug-likeness (QED) is 0.672. The number of nitrogen functional groups attached to an aromatic ring is 1. The molecule has 5 N–H and O–H groups in total. The van der Waals surface area contributed by atoms with Crippen LogP contribution in [0.5, 0.6) is 0 Å². The Kier molecular flexibility index (Phi) is 5.90. The topological polar surface area (TPSA) is 111 Å². The summed E-state index contributed by atoms with van der Waals surface area (Å²) in [6.07, 6.45) is 3.60. The summed E-state index contributed by atoms with van der Waals surface area (Å²) < 4.78 is 5.62. The summed E-state index contributed by atoms with van der Waals surface area (Å²) in [6, 6.07) is 4.02. The molecule has 1 spiro atoms. The van der Waals surface area contributed by atoms with Gasteiger partial charge < -0.3 is 26.2 Å². The summed E-state index contributed by atoms with van der Waals surface area (Å²) in [5.41, 5.74) is 14.9. The Labute approximate surface area is 179 Å². The predicted octanol–water partition coefficient (Wildman–Crippen LogP) is 2.61. The van der Waals surface area contributed by atoms with Crippen LogP contribution in [0, 0.1) is 12.3 Å². The smallest absolute Gasteiger partial charge is 0.143 e. The summed E-state index contributed by atoms with van der Waals surface area (Å²) in [5, 5.41) is 11.2. The number of aliphatic hydroxyl groups excluding tert-OH is 1. The van der Waals surface area contributed by atoms with Gasteiger partial charge in [-0.05, 0) is 37.5 Å². The van der Waals surface area contributed by atoms with Crippen LogP contribution in [0.15, 0.2) is 28.3 Å². The molecule has 0 saturated carbocycles. The van der Waals surface area contributed by atoms with Crippen molar-refractivity contribution in [1.82, 2.24) is 9.97 Å². The third-order valence-electron chi connectivity index (χ3n) is 6.03. The van der Waals surface area contributed by atoms with Gasteiger partial charge in [0.1, 0.15) is 10.8 Å². The fraction of sp³-hybridized carbons (Fsp3) is 0.500. The number of aliphatic hydroxyl groups is 1. The van der Waals surface area contributed by atoms with Crippen LogP contribution in [0.2, 0.25) is 5.02 Å². The second kappa shape index (κ2) is 8.28. The maximum atomic E-state index is 9.98. The highest BCUT2D eigenvalue weighted by Gasteiger charge is 2.44. The maximum absolute atomic E-state index is 9.98. The lowest BCUT2D eigenvalue weighted by atomic mass is 9.75. The number of nitrogens with two attached hydrogens (primary N) is 2. The molecule has 2 aromatic rings. The second-order valence-corrected chi connectivity index (χ2v) is 9.22. The molecule has 0 aliphatic carbocycles. The van der Waals surface area contributed by atoms with Crippen LogP contribution in [0.4, 0.5) is 11.5 Å². The number of hydrogen-bond donors (Lipinski definition) is 3. The Morgan fingerprint density at radius 3 is 2.83 bits per heavy atom. The molecular formula is C20H26ClN5O2S. The average Bonchev–Trinajstić information content (AvgIpc) is 3.07. The number of aromatic nitrogens is 2. The van der Waals surface area contributed by atoms with E-state index in [2.05, 4.69) is 16.0 Å². The van der Waals surface area contributed by atoms with Crippen molar-refractivity contribution in [3.63, 3.8) is 0 Å². The van der Waals surface area contributed by atoms with Gasteiger partial charge in [-0.1, -0.05) is 23.4 Å². The third kappa shape index (κ3) is 3.92. The molecule has 0 radical (unpaired) electrons. The molecule has 2 aliphatic rings. The van der Waals surface area contributed by atoms with Gasteiger partial charge in [-0.15, -0.1) is 0 Å². The molecule has 156 valence electrons. The van der Waals surface area contributed by atoms with Crippen molar-refractivity contribution in [2.75, 3.05) is 36.9 Å². The van der Waals surface area contributed by atoms with E-state index in [0.29, 0.717) is 23.1 Å². The molecule has 0 unspecified atom stereocenters. The molecule has 4 rings (SSSR count). The third-order valence-corrected chi connectivity index (χ3v) is 7.71. The molecule has 0 bridgehead atoms. The van der Waals surface area contributed by atoms with E-state index in [1.807, 2.05) is 13.0 Å². The molecule has 7 nitrogen and oxygen atoms in total. The summed E-state index contributed by atoms with van der Waals surface area (Å²) >= 11 is 7.71. The monoisotopic (exact) mass is 435 g/mol. The van der Waals surface area contributed by atoms with Crippen molar-refractivity contribution < 1.29 is 9.84 Å². The number of hydrogen-bond acceptors (Lipinski definition) is 8. The zero-order valence-electron chi connectivity index (χ0n) is 16.4. The molecule has 2 aliphatic heterocycles. The number of pyridine rings is 2. The highest BCUT2D eigenvalue weighted by atomic mass is 35.5. The lowest BCUT2D eigenvalue weighted by molar-refractivity contribution is 0.131. The summed E-state index contributed by atoms with van der Waals surface area (Å²) in [5.74, 6) is 0.296. The Bertz CT molecular complexity index is 905. The molecule has 29 heavy (non-hydrogen) atoms. The lowest BCUT2D eigenvalue weighted by Crippen LogP contribution is -2.49. The van der Waals surface area contributed by atoms with Crippen molar-refractivity contribution >= 4 is 34.9 Å². The van der Waals surface area contributed by atoms with Crippen LogP contribution in [0.1, 0.15) is 24.1 Å². The molecule has 9 heteroatoms. The van der Waals surface area contributed by atoms with E-state index in [1.54, 1.807) is 6.20 Å². The summed E-state index contributed by atoms with van der Waals surface area (Å²) in [4.78, 5) is 11.8. The number of aryl methyl sites for hydroxylation is 1. The van der Waals surface area contributed by atoms with Crippen LogP contribution in [-0.2, 0) is 11.3 Å². The van der Waals surface area contributed by atoms with Crippen LogP contribution in [0.3, 0.4) is 0 Å². The van der Waals surface area contributed by atoms with E-state index in [1.165, 1.54) is 11.8 Å². The fourth-order valence-electron chi connectivity index (χ4n) is 4.12. The van der Waals surface area contributed by atoms with Crippen LogP contribution < -0.4 is 16.4 Å². The first-order valence-electron chi connectivity index (χ1n) is 9.71. The van der Waals surface area contributed by atoms with Crippen molar-refractivity contribution in [3.8, 4) is 0 Å². The summed E-state index contributed by atoms with van der Waals surface area (Å²) in [6.45, 7) is 5.05. The first-order valence-corrected chi connectivity index (χ1v) is 10.9. The van der Waals surface area contributed by atoms with Crippen LogP contribution in [0.25, 0.3) is 0 Å². The van der Waals surface area contributed by atoms with Crippen molar-refractivity contribution in [2.24, 2.45) is 11.1 Å². The van der Waals surface area contributed by atoms with Gasteiger partial charge in [0, 0.05) is 35.6 Å². The first-order chi connectivity index (χ1) is 13.9. The van der Waals surface area contributed by atoms with E-state index in [0.717, 1.165) is 53.7 Å². The van der Waals surface area contributed by atoms with Gasteiger partial charge in [0.25, 0.3) is 0 Å². The number of halogens is 1. The first kappa shape index (κ1) is 20.7. The molecule has 2 aromatic heterocycles. The van der Waals surface area contributed by atoms with E-state index in [9.17, 15) is 5.11 Å². The van der Waals surface area contributed by atoms with E-state index >= 15 is 0 Å². The highest BCUT2D eigenvalue weighted by Crippen LogP contribution is 2.41. The normalized spacial score (nSPS) is 21.1. The number of rotatable bonds is 4. The SMILES string of the molecule is Cc1cc(N2CCC3(CC2)COC[C@H]3N)c(CO)nc1Sc1ccnc(N)c1Cl. The number of piperidine rings is 1. The van der Waals surface area contributed by atoms with Crippen LogP contribution in [-0.4, -0.2) is 47.4 Å². The largest absolute Gasteiger partial charge is 0.390 e. The van der Waals surface area contributed by atoms with Gasteiger partial charge in [0.2, 0.25) is 0 Å². The maximum Gasteiger partial charge on any atom is 0.143 e.